The topological polar surface area (TPSA) is 111 Å². The van der Waals surface area contributed by atoms with Crippen LogP contribution in [0.3, 0.4) is 0 Å². The van der Waals surface area contributed by atoms with Gasteiger partial charge in [-0.3, -0.25) is 13.8 Å². The molecule has 0 bridgehead atoms. The summed E-state index contributed by atoms with van der Waals surface area (Å²) in [7, 11) is 0. The molecule has 4 heterocycles. The van der Waals surface area contributed by atoms with E-state index in [2.05, 4.69) is 10.1 Å². The van der Waals surface area contributed by atoms with Gasteiger partial charge in [0.15, 0.2) is 5.58 Å². The highest BCUT2D eigenvalue weighted by Crippen LogP contribution is 2.35. The first-order valence-electron chi connectivity index (χ1n) is 14.3. The lowest BCUT2D eigenvalue weighted by molar-refractivity contribution is -0.948. The molecule has 1 saturated heterocycles. The number of hydrogen-bond donors (Lipinski definition) is 1. The largest absolute Gasteiger partial charge is 0.414 e. The van der Waals surface area contributed by atoms with E-state index in [0.717, 1.165) is 43.4 Å². The number of hydrogen-bond acceptors (Lipinski definition) is 7. The fourth-order valence-electron chi connectivity index (χ4n) is 6.20. The molecule has 1 aromatic carbocycles. The molecule has 1 N–H and O–H groups in total. The lowest BCUT2D eigenvalue weighted by atomic mass is 9.90. The molecule has 1 atom stereocenters. The molecular weight excluding hydrogens is 517 g/mol. The van der Waals surface area contributed by atoms with Gasteiger partial charge < -0.3 is 19.3 Å². The number of rotatable bonds is 8. The van der Waals surface area contributed by atoms with E-state index in [4.69, 9.17) is 9.26 Å². The van der Waals surface area contributed by atoms with Crippen LogP contribution in [0.25, 0.3) is 11.0 Å². The van der Waals surface area contributed by atoms with E-state index < -0.39 is 6.10 Å². The number of fused-ring (bicyclic) bond motifs is 2. The van der Waals surface area contributed by atoms with Gasteiger partial charge in [-0.25, -0.2) is 14.2 Å². The Labute approximate surface area is 232 Å². The van der Waals surface area contributed by atoms with Crippen LogP contribution >= 0.6 is 0 Å². The van der Waals surface area contributed by atoms with Gasteiger partial charge in [-0.1, -0.05) is 5.16 Å². The Hall–Kier alpha value is -3.31. The number of amides is 1. The minimum atomic E-state index is -0.713. The summed E-state index contributed by atoms with van der Waals surface area (Å²) >= 11 is 0. The quantitative estimate of drug-likeness (QED) is 0.417. The molecule has 1 unspecified atom stereocenters. The number of carbonyl (C=O) groups is 1. The van der Waals surface area contributed by atoms with Gasteiger partial charge in [-0.2, -0.15) is 0 Å². The highest BCUT2D eigenvalue weighted by atomic mass is 19.1. The maximum absolute atomic E-state index is 13.7. The Bertz CT molecular complexity index is 1420. The number of benzene rings is 1. The van der Waals surface area contributed by atoms with Crippen molar-refractivity contribution in [3.63, 3.8) is 0 Å². The number of nitrogens with zero attached hydrogens (tertiary/aromatic N) is 5. The first-order chi connectivity index (χ1) is 19.2. The molecule has 3 aromatic rings. The SMILES string of the molecule is CCN(CC)C(=O)OC[N+]1(CCc2c(C)nc3n(c2=O)CCCC3O)CCC(c2noc3cc(F)ccc23)CC1. The minimum Gasteiger partial charge on any atom is -0.399 e. The molecule has 216 valence electrons. The molecule has 2 aromatic heterocycles. The van der Waals surface area contributed by atoms with E-state index in [0.29, 0.717) is 66.2 Å². The Kier molecular flexibility index (Phi) is 8.23. The van der Waals surface area contributed by atoms with Crippen molar-refractivity contribution >= 4 is 17.1 Å². The Balaban J connectivity index is 1.36. The predicted octanol–water partition coefficient (Wildman–Crippen LogP) is 4.03. The molecule has 11 heteroatoms. The number of ether oxygens (including phenoxy) is 1. The van der Waals surface area contributed by atoms with Gasteiger partial charge in [0.2, 0.25) is 6.73 Å². The Morgan fingerprint density at radius 3 is 2.73 bits per heavy atom. The van der Waals surface area contributed by atoms with E-state index in [-0.39, 0.29) is 30.1 Å². The van der Waals surface area contributed by atoms with Gasteiger partial charge in [0, 0.05) is 67.5 Å². The number of carbonyl (C=O) groups excluding carboxylic acids is 1. The molecule has 0 aliphatic carbocycles. The average Bonchev–Trinajstić information content (AvgIpc) is 3.36. The zero-order valence-corrected chi connectivity index (χ0v) is 23.6. The van der Waals surface area contributed by atoms with Gasteiger partial charge in [-0.05, 0) is 45.7 Å². The maximum Gasteiger partial charge on any atom is 0.414 e. The van der Waals surface area contributed by atoms with Crippen molar-refractivity contribution in [2.75, 3.05) is 39.5 Å². The molecule has 5 rings (SSSR count). The highest BCUT2D eigenvalue weighted by molar-refractivity contribution is 5.79. The minimum absolute atomic E-state index is 0.0873. The monoisotopic (exact) mass is 556 g/mol. The van der Waals surface area contributed by atoms with Crippen molar-refractivity contribution < 1.29 is 28.0 Å². The number of piperidine rings is 1. The van der Waals surface area contributed by atoms with Crippen LogP contribution in [0, 0.1) is 12.7 Å². The smallest absolute Gasteiger partial charge is 0.399 e. The third-order valence-corrected chi connectivity index (χ3v) is 8.73. The van der Waals surface area contributed by atoms with Gasteiger partial charge in [0.1, 0.15) is 17.7 Å². The van der Waals surface area contributed by atoms with Crippen LogP contribution in [0.2, 0.25) is 0 Å². The summed E-state index contributed by atoms with van der Waals surface area (Å²) in [4.78, 5) is 32.4. The number of aliphatic hydroxyl groups excluding tert-OH is 1. The van der Waals surface area contributed by atoms with E-state index in [9.17, 15) is 19.1 Å². The molecule has 0 radical (unpaired) electrons. The van der Waals surface area contributed by atoms with Crippen LogP contribution < -0.4 is 5.56 Å². The standard InChI is InChI=1S/C29H39FN5O5/c1-4-33(5-2)29(38)39-18-35(16-12-22-19(3)31-27-24(36)7-6-13-34(27)28(22)37)14-10-20(11-15-35)26-23-9-8-21(30)17-25(23)40-32-26/h8-9,17,20,24,36H,4-7,10-16,18H2,1-3H3/q+1. The van der Waals surface area contributed by atoms with Gasteiger partial charge >= 0.3 is 6.09 Å². The van der Waals surface area contributed by atoms with Gasteiger partial charge in [0.05, 0.1) is 25.3 Å². The molecule has 0 saturated carbocycles. The summed E-state index contributed by atoms with van der Waals surface area (Å²) in [6.07, 6.45) is 2.37. The van der Waals surface area contributed by atoms with Crippen LogP contribution in [-0.4, -0.2) is 74.7 Å². The van der Waals surface area contributed by atoms with Crippen LogP contribution in [0.15, 0.2) is 27.5 Å². The normalized spacial score (nSPS) is 22.7. The Morgan fingerprint density at radius 2 is 2.00 bits per heavy atom. The second-order valence-electron chi connectivity index (χ2n) is 11.1. The molecular formula is C29H39FN5O5+. The van der Waals surface area contributed by atoms with Crippen molar-refractivity contribution in [2.24, 2.45) is 0 Å². The number of halogens is 1. The van der Waals surface area contributed by atoms with E-state index in [1.165, 1.54) is 12.1 Å². The van der Waals surface area contributed by atoms with Crippen molar-refractivity contribution in [3.8, 4) is 0 Å². The van der Waals surface area contributed by atoms with Gasteiger partial charge in [-0.15, -0.1) is 0 Å². The highest BCUT2D eigenvalue weighted by Gasteiger charge is 2.38. The van der Waals surface area contributed by atoms with Crippen LogP contribution in [0.1, 0.15) is 74.3 Å². The number of aliphatic hydroxyl groups is 1. The van der Waals surface area contributed by atoms with Crippen molar-refractivity contribution in [2.45, 2.75) is 71.4 Å². The Morgan fingerprint density at radius 1 is 1.25 bits per heavy atom. The van der Waals surface area contributed by atoms with E-state index >= 15 is 0 Å². The summed E-state index contributed by atoms with van der Waals surface area (Å²) in [5, 5.41) is 15.5. The summed E-state index contributed by atoms with van der Waals surface area (Å²) in [6.45, 7) is 9.65. The number of quaternary nitrogens is 1. The molecule has 0 spiro atoms. The summed E-state index contributed by atoms with van der Waals surface area (Å²) < 4.78 is 27.1. The number of likely N-dealkylation sites (tertiary alicyclic amines) is 1. The molecule has 1 fully saturated rings. The van der Waals surface area contributed by atoms with E-state index in [1.807, 2.05) is 20.8 Å². The number of aromatic nitrogens is 3. The summed E-state index contributed by atoms with van der Waals surface area (Å²) in [5.74, 6) is 0.229. The molecule has 1 amide bonds. The maximum atomic E-state index is 13.7. The molecule has 40 heavy (non-hydrogen) atoms. The van der Waals surface area contributed by atoms with Crippen molar-refractivity contribution in [1.29, 1.82) is 0 Å². The van der Waals surface area contributed by atoms with Crippen molar-refractivity contribution in [1.82, 2.24) is 19.6 Å². The first-order valence-corrected chi connectivity index (χ1v) is 14.3. The van der Waals surface area contributed by atoms with Crippen LogP contribution in [-0.2, 0) is 17.7 Å². The van der Waals surface area contributed by atoms with E-state index in [1.54, 1.807) is 15.5 Å². The predicted molar refractivity (Wildman–Crippen MR) is 146 cm³/mol. The fraction of sp³-hybridized carbons (Fsp3) is 0.586. The summed E-state index contributed by atoms with van der Waals surface area (Å²) in [5.41, 5.74) is 2.48. The fourth-order valence-corrected chi connectivity index (χ4v) is 6.20. The number of aryl methyl sites for hydroxylation is 1. The second-order valence-corrected chi connectivity index (χ2v) is 11.1. The first kappa shape index (κ1) is 28.2. The van der Waals surface area contributed by atoms with Gasteiger partial charge in [0.25, 0.3) is 5.56 Å². The zero-order valence-electron chi connectivity index (χ0n) is 23.6. The third-order valence-electron chi connectivity index (χ3n) is 8.73. The molecule has 2 aliphatic rings. The summed E-state index contributed by atoms with van der Waals surface area (Å²) in [6, 6.07) is 4.49. The molecule has 2 aliphatic heterocycles. The third kappa shape index (κ3) is 5.49. The van der Waals surface area contributed by atoms with Crippen LogP contribution in [0.4, 0.5) is 9.18 Å². The van der Waals surface area contributed by atoms with Crippen LogP contribution in [0.5, 0.6) is 0 Å². The zero-order chi connectivity index (χ0) is 28.4. The lowest BCUT2D eigenvalue weighted by Crippen LogP contribution is -2.56. The second kappa shape index (κ2) is 11.7. The molecule has 10 nitrogen and oxygen atoms in total. The lowest BCUT2D eigenvalue weighted by Gasteiger charge is -2.43. The average molecular weight is 557 g/mol. The van der Waals surface area contributed by atoms with Crippen molar-refractivity contribution in [3.05, 3.63) is 57.1 Å².